The number of piperidine rings is 1. The number of hydrogen-bond acceptors (Lipinski definition) is 6. The molecule has 33 heavy (non-hydrogen) atoms. The SMILES string of the molecule is COc1cc(Cl)c(NC(=O)[C@H]2CCCN(C(=O)c3cc(-c4cccnc4)n[nH]3)C2)c(OC)c1. The van der Waals surface area contributed by atoms with Crippen molar-refractivity contribution in [3.63, 3.8) is 0 Å². The van der Waals surface area contributed by atoms with Crippen molar-refractivity contribution in [3.05, 3.63) is 53.4 Å². The molecule has 1 atom stereocenters. The van der Waals surface area contributed by atoms with E-state index in [1.807, 2.05) is 12.1 Å². The number of ether oxygens (including phenoxy) is 2. The lowest BCUT2D eigenvalue weighted by Crippen LogP contribution is -2.44. The summed E-state index contributed by atoms with van der Waals surface area (Å²) >= 11 is 6.33. The zero-order chi connectivity index (χ0) is 23.4. The number of H-pyrrole nitrogens is 1. The zero-order valence-corrected chi connectivity index (χ0v) is 19.1. The summed E-state index contributed by atoms with van der Waals surface area (Å²) in [5, 5.41) is 10.2. The smallest absolute Gasteiger partial charge is 0.271 e. The Morgan fingerprint density at radius 3 is 2.82 bits per heavy atom. The minimum absolute atomic E-state index is 0.199. The van der Waals surface area contributed by atoms with Gasteiger partial charge in [-0.3, -0.25) is 19.7 Å². The maximum absolute atomic E-state index is 13.0. The molecule has 1 saturated heterocycles. The molecule has 2 N–H and O–H groups in total. The zero-order valence-electron chi connectivity index (χ0n) is 18.3. The number of methoxy groups -OCH3 is 2. The van der Waals surface area contributed by atoms with Gasteiger partial charge in [0.15, 0.2) is 0 Å². The third-order valence-electron chi connectivity index (χ3n) is 5.58. The first-order chi connectivity index (χ1) is 16.0. The topological polar surface area (TPSA) is 109 Å². The van der Waals surface area contributed by atoms with Gasteiger partial charge in [-0.1, -0.05) is 11.6 Å². The summed E-state index contributed by atoms with van der Waals surface area (Å²) in [6.45, 7) is 0.860. The van der Waals surface area contributed by atoms with Crippen LogP contribution >= 0.6 is 11.6 Å². The molecule has 4 rings (SSSR count). The number of nitrogens with one attached hydrogen (secondary N) is 2. The van der Waals surface area contributed by atoms with Gasteiger partial charge in [-0.05, 0) is 31.0 Å². The van der Waals surface area contributed by atoms with Gasteiger partial charge in [0.2, 0.25) is 5.91 Å². The second kappa shape index (κ2) is 9.91. The average molecular weight is 470 g/mol. The first-order valence-corrected chi connectivity index (χ1v) is 10.9. The fraction of sp³-hybridized carbons (Fsp3) is 0.304. The highest BCUT2D eigenvalue weighted by molar-refractivity contribution is 6.34. The number of carbonyl (C=O) groups is 2. The van der Waals surface area contributed by atoms with Crippen molar-refractivity contribution in [3.8, 4) is 22.8 Å². The molecule has 10 heteroatoms. The van der Waals surface area contributed by atoms with Gasteiger partial charge >= 0.3 is 0 Å². The summed E-state index contributed by atoms with van der Waals surface area (Å²) in [6.07, 6.45) is 4.73. The van der Waals surface area contributed by atoms with Crippen molar-refractivity contribution in [2.24, 2.45) is 5.92 Å². The van der Waals surface area contributed by atoms with E-state index in [1.165, 1.54) is 14.2 Å². The standard InChI is InChI=1S/C23H24ClN5O4/c1-32-16-9-17(24)21(20(10-16)33-2)26-22(30)15-6-4-8-29(13-15)23(31)19-11-18(27-28-19)14-5-3-7-25-12-14/h3,5,7,9-12,15H,4,6,8,13H2,1-2H3,(H,26,30)(H,27,28)/t15-/m0/s1. The largest absolute Gasteiger partial charge is 0.497 e. The molecule has 1 fully saturated rings. The molecule has 9 nitrogen and oxygen atoms in total. The number of anilines is 1. The van der Waals surface area contributed by atoms with Crippen LogP contribution in [-0.2, 0) is 4.79 Å². The van der Waals surface area contributed by atoms with E-state index in [2.05, 4.69) is 20.5 Å². The molecule has 0 aliphatic carbocycles. The highest BCUT2D eigenvalue weighted by Gasteiger charge is 2.30. The maximum Gasteiger partial charge on any atom is 0.271 e. The number of halogens is 1. The Hall–Kier alpha value is -3.59. The van der Waals surface area contributed by atoms with Crippen LogP contribution in [0.25, 0.3) is 11.3 Å². The van der Waals surface area contributed by atoms with Gasteiger partial charge in [0.05, 0.1) is 30.9 Å². The van der Waals surface area contributed by atoms with Crippen molar-refractivity contribution in [1.82, 2.24) is 20.1 Å². The first kappa shape index (κ1) is 22.6. The number of aromatic amines is 1. The summed E-state index contributed by atoms with van der Waals surface area (Å²) in [5.41, 5.74) is 2.20. The Morgan fingerprint density at radius 1 is 1.24 bits per heavy atom. The van der Waals surface area contributed by atoms with Crippen LogP contribution in [-0.4, -0.2) is 59.2 Å². The third kappa shape index (κ3) is 4.93. The number of pyridine rings is 1. The molecule has 0 bridgehead atoms. The van der Waals surface area contributed by atoms with E-state index < -0.39 is 0 Å². The van der Waals surface area contributed by atoms with Crippen molar-refractivity contribution in [1.29, 1.82) is 0 Å². The number of likely N-dealkylation sites (tertiary alicyclic amines) is 1. The Morgan fingerprint density at radius 2 is 2.09 bits per heavy atom. The predicted octanol–water partition coefficient (Wildman–Crippen LogP) is 3.63. The fourth-order valence-electron chi connectivity index (χ4n) is 3.82. The fourth-order valence-corrected chi connectivity index (χ4v) is 4.07. The molecule has 1 aromatic carbocycles. The van der Waals surface area contributed by atoms with Crippen molar-refractivity contribution in [2.75, 3.05) is 32.6 Å². The molecule has 2 amide bonds. The van der Waals surface area contributed by atoms with Crippen molar-refractivity contribution in [2.45, 2.75) is 12.8 Å². The number of hydrogen-bond donors (Lipinski definition) is 2. The maximum atomic E-state index is 13.0. The molecule has 0 spiro atoms. The van der Waals surface area contributed by atoms with Crippen LogP contribution in [0.2, 0.25) is 5.02 Å². The van der Waals surface area contributed by atoms with Gasteiger partial charge in [-0.2, -0.15) is 5.10 Å². The molecule has 3 aromatic rings. The Kier molecular flexibility index (Phi) is 6.79. The van der Waals surface area contributed by atoms with Crippen LogP contribution in [0.5, 0.6) is 11.5 Å². The van der Waals surface area contributed by atoms with Crippen LogP contribution in [0.4, 0.5) is 5.69 Å². The van der Waals surface area contributed by atoms with Crippen molar-refractivity contribution < 1.29 is 19.1 Å². The number of aromatic nitrogens is 3. The number of nitrogens with zero attached hydrogens (tertiary/aromatic N) is 3. The highest BCUT2D eigenvalue weighted by Crippen LogP contribution is 2.37. The lowest BCUT2D eigenvalue weighted by Gasteiger charge is -2.31. The molecule has 0 unspecified atom stereocenters. The molecular formula is C23H24ClN5O4. The van der Waals surface area contributed by atoms with Crippen molar-refractivity contribution >= 4 is 29.1 Å². The van der Waals surface area contributed by atoms with Crippen LogP contribution in [0.3, 0.4) is 0 Å². The Labute approximate surface area is 196 Å². The molecule has 1 aliphatic heterocycles. The van der Waals surface area contributed by atoms with Gasteiger partial charge in [-0.15, -0.1) is 0 Å². The minimum Gasteiger partial charge on any atom is -0.497 e. The third-order valence-corrected chi connectivity index (χ3v) is 5.87. The predicted molar refractivity (Wildman–Crippen MR) is 124 cm³/mol. The number of benzene rings is 1. The number of carbonyl (C=O) groups excluding carboxylic acids is 2. The van der Waals surface area contributed by atoms with Gasteiger partial charge in [-0.25, -0.2) is 0 Å². The second-order valence-electron chi connectivity index (χ2n) is 7.67. The summed E-state index contributed by atoms with van der Waals surface area (Å²) in [6, 6.07) is 8.64. The molecule has 172 valence electrons. The second-order valence-corrected chi connectivity index (χ2v) is 8.08. The Bertz CT molecular complexity index is 1150. The van der Waals surface area contributed by atoms with E-state index in [1.54, 1.807) is 35.5 Å². The summed E-state index contributed by atoms with van der Waals surface area (Å²) in [5.74, 6) is 0.117. The normalized spacial score (nSPS) is 15.7. The quantitative estimate of drug-likeness (QED) is 0.570. The van der Waals surface area contributed by atoms with Crippen LogP contribution < -0.4 is 14.8 Å². The molecule has 0 saturated carbocycles. The van der Waals surface area contributed by atoms with Crippen LogP contribution in [0.1, 0.15) is 23.3 Å². The van der Waals surface area contributed by atoms with Gasteiger partial charge in [0.1, 0.15) is 22.9 Å². The van der Waals surface area contributed by atoms with Gasteiger partial charge in [0, 0.05) is 43.2 Å². The van der Waals surface area contributed by atoms with E-state index in [4.69, 9.17) is 21.1 Å². The number of amides is 2. The Balaban J connectivity index is 1.45. The molecular weight excluding hydrogens is 446 g/mol. The van der Waals surface area contributed by atoms with Gasteiger partial charge < -0.3 is 19.7 Å². The summed E-state index contributed by atoms with van der Waals surface area (Å²) in [4.78, 5) is 31.8. The molecule has 0 radical (unpaired) electrons. The first-order valence-electron chi connectivity index (χ1n) is 10.5. The highest BCUT2D eigenvalue weighted by atomic mass is 35.5. The molecule has 1 aliphatic rings. The average Bonchev–Trinajstić information content (AvgIpc) is 3.35. The molecule has 3 heterocycles. The van der Waals surface area contributed by atoms with E-state index in [-0.39, 0.29) is 17.7 Å². The van der Waals surface area contributed by atoms with Gasteiger partial charge in [0.25, 0.3) is 5.91 Å². The lowest BCUT2D eigenvalue weighted by molar-refractivity contribution is -0.121. The summed E-state index contributed by atoms with van der Waals surface area (Å²) < 4.78 is 10.5. The lowest BCUT2D eigenvalue weighted by atomic mass is 9.96. The monoisotopic (exact) mass is 469 g/mol. The molecule has 2 aromatic heterocycles. The van der Waals surface area contributed by atoms with Crippen LogP contribution in [0.15, 0.2) is 42.7 Å². The van der Waals surface area contributed by atoms with E-state index >= 15 is 0 Å². The van der Waals surface area contributed by atoms with Crippen LogP contribution in [0, 0.1) is 5.92 Å². The minimum atomic E-state index is -0.383. The number of rotatable bonds is 6. The van der Waals surface area contributed by atoms with E-state index in [0.29, 0.717) is 59.5 Å². The van der Waals surface area contributed by atoms with E-state index in [0.717, 1.165) is 5.56 Å². The van der Waals surface area contributed by atoms with E-state index in [9.17, 15) is 9.59 Å². The summed E-state index contributed by atoms with van der Waals surface area (Å²) in [7, 11) is 3.02.